The molecular weight excluding hydrogens is 618 g/mol. The van der Waals surface area contributed by atoms with Crippen LogP contribution in [0.25, 0.3) is 10.8 Å². The summed E-state index contributed by atoms with van der Waals surface area (Å²) in [5, 5.41) is 11.8. The molecule has 8 heteroatoms. The minimum Gasteiger partial charge on any atom is -0.481 e. The Hall–Kier alpha value is -4.33. The lowest BCUT2D eigenvalue weighted by Gasteiger charge is -2.29. The van der Waals surface area contributed by atoms with Crippen molar-refractivity contribution in [2.24, 2.45) is 11.8 Å². The molecule has 3 rings (SSSR count). The Morgan fingerprint density at radius 3 is 1.96 bits per heavy atom. The summed E-state index contributed by atoms with van der Waals surface area (Å²) in [4.78, 5) is 67.3. The van der Waals surface area contributed by atoms with Crippen LogP contribution in [-0.2, 0) is 41.6 Å². The number of rotatable bonds is 19. The minimum atomic E-state index is -1.83. The number of aliphatic carboxylic acids is 1. The summed E-state index contributed by atoms with van der Waals surface area (Å²) in [6.07, 6.45) is 5.15. The maximum Gasteiger partial charge on any atom is 0.318 e. The Kier molecular flexibility index (Phi) is 14.7. The molecule has 0 saturated heterocycles. The van der Waals surface area contributed by atoms with Crippen molar-refractivity contribution in [2.45, 2.75) is 104 Å². The molecule has 0 aliphatic heterocycles. The van der Waals surface area contributed by atoms with E-state index in [1.807, 2.05) is 12.1 Å². The number of benzene rings is 3. The van der Waals surface area contributed by atoms with E-state index in [1.165, 1.54) is 37.9 Å². The topological polar surface area (TPSA) is 118 Å². The summed E-state index contributed by atoms with van der Waals surface area (Å²) >= 11 is 0. The number of carbonyl (C=O) groups excluding carboxylic acids is 4. The summed E-state index contributed by atoms with van der Waals surface area (Å²) in [7, 11) is 1.56. The number of ether oxygens (including phenoxy) is 1. The van der Waals surface area contributed by atoms with E-state index in [9.17, 15) is 29.1 Å². The van der Waals surface area contributed by atoms with Crippen LogP contribution in [0.15, 0.2) is 60.7 Å². The average Bonchev–Trinajstić information content (AvgIpc) is 3.03. The van der Waals surface area contributed by atoms with Crippen molar-refractivity contribution in [2.75, 3.05) is 13.6 Å². The second-order valence-electron chi connectivity index (χ2n) is 14.2. The largest absolute Gasteiger partial charge is 0.481 e. The molecule has 0 bridgehead atoms. The minimum absolute atomic E-state index is 0.0113. The van der Waals surface area contributed by atoms with Gasteiger partial charge in [-0.3, -0.25) is 24.0 Å². The van der Waals surface area contributed by atoms with Crippen LogP contribution < -0.4 is 0 Å². The highest BCUT2D eigenvalue weighted by Gasteiger charge is 2.46. The molecule has 0 saturated carbocycles. The van der Waals surface area contributed by atoms with E-state index < -0.39 is 53.3 Å². The molecule has 1 N–H and O–H groups in total. The first-order valence-electron chi connectivity index (χ1n) is 17.4. The van der Waals surface area contributed by atoms with Gasteiger partial charge in [-0.2, -0.15) is 0 Å². The molecule has 3 aromatic carbocycles. The van der Waals surface area contributed by atoms with Crippen LogP contribution in [0.4, 0.5) is 0 Å². The summed E-state index contributed by atoms with van der Waals surface area (Å²) in [5.41, 5.74) is 3.89. The molecule has 0 aliphatic rings. The van der Waals surface area contributed by atoms with Gasteiger partial charge in [0.25, 0.3) is 0 Å². The van der Waals surface area contributed by atoms with Crippen molar-refractivity contribution in [3.63, 3.8) is 0 Å². The van der Waals surface area contributed by atoms with Gasteiger partial charge in [-0.25, -0.2) is 0 Å². The van der Waals surface area contributed by atoms with Crippen LogP contribution in [0, 0.1) is 25.7 Å². The Balaban J connectivity index is 1.67. The number of amides is 1. The first kappa shape index (κ1) is 39.1. The zero-order valence-electron chi connectivity index (χ0n) is 30.1. The molecule has 2 atom stereocenters. The molecule has 0 spiro atoms. The number of carboxylic acid groups (broad SMARTS) is 1. The molecule has 0 aliphatic carbocycles. The molecule has 0 heterocycles. The fraction of sp³-hybridized carbons (Fsp3) is 0.488. The van der Waals surface area contributed by atoms with Crippen LogP contribution in [-0.4, -0.2) is 58.6 Å². The number of unbranched alkanes of at least 4 members (excludes halogenated alkanes) is 4. The monoisotopic (exact) mass is 671 g/mol. The van der Waals surface area contributed by atoms with Crippen molar-refractivity contribution in [3.05, 3.63) is 82.9 Å². The van der Waals surface area contributed by atoms with Crippen molar-refractivity contribution in [3.8, 4) is 0 Å². The second kappa shape index (κ2) is 18.4. The van der Waals surface area contributed by atoms with Crippen molar-refractivity contribution in [1.82, 2.24) is 4.90 Å². The zero-order chi connectivity index (χ0) is 36.1. The lowest BCUT2D eigenvalue weighted by molar-refractivity contribution is -0.169. The van der Waals surface area contributed by atoms with E-state index >= 15 is 0 Å². The first-order valence-corrected chi connectivity index (χ1v) is 17.4. The predicted molar refractivity (Wildman–Crippen MR) is 192 cm³/mol. The highest BCUT2D eigenvalue weighted by atomic mass is 16.6. The SMILES string of the molecule is Cc1ccc(CCCCCC(=O)[C@H](C(=O)N(C)CCCCCc2ccc3ccccc3c2)[C@H](C(=O)CC(=O)O)C(=O)OC(C)(C)C)cc1C. The number of fused-ring (bicyclic) bond motifs is 1. The van der Waals surface area contributed by atoms with Crippen LogP contribution in [0.3, 0.4) is 0 Å². The average molecular weight is 672 g/mol. The molecule has 0 fully saturated rings. The number of carbonyl (C=O) groups is 5. The number of esters is 1. The smallest absolute Gasteiger partial charge is 0.318 e. The van der Waals surface area contributed by atoms with Gasteiger partial charge in [0, 0.05) is 20.0 Å². The zero-order valence-corrected chi connectivity index (χ0v) is 30.1. The van der Waals surface area contributed by atoms with Crippen LogP contribution in [0.2, 0.25) is 0 Å². The van der Waals surface area contributed by atoms with E-state index in [4.69, 9.17) is 4.74 Å². The normalized spacial score (nSPS) is 12.7. The van der Waals surface area contributed by atoms with E-state index in [0.29, 0.717) is 25.8 Å². The van der Waals surface area contributed by atoms with Gasteiger partial charge in [-0.15, -0.1) is 0 Å². The molecule has 49 heavy (non-hydrogen) atoms. The molecule has 3 aromatic rings. The second-order valence-corrected chi connectivity index (χ2v) is 14.2. The quantitative estimate of drug-likeness (QED) is 0.0792. The van der Waals surface area contributed by atoms with Gasteiger partial charge in [-0.05, 0) is 106 Å². The van der Waals surface area contributed by atoms with E-state index in [-0.39, 0.29) is 6.42 Å². The molecular formula is C41H53NO7. The highest BCUT2D eigenvalue weighted by Crippen LogP contribution is 2.26. The summed E-state index contributed by atoms with van der Waals surface area (Å²) in [6.45, 7) is 9.31. The van der Waals surface area contributed by atoms with Gasteiger partial charge in [-0.1, -0.05) is 73.5 Å². The molecule has 0 aromatic heterocycles. The Morgan fingerprint density at radius 1 is 0.714 bits per heavy atom. The first-order chi connectivity index (χ1) is 23.2. The molecule has 264 valence electrons. The van der Waals surface area contributed by atoms with E-state index in [0.717, 1.165) is 32.1 Å². The fourth-order valence-electron chi connectivity index (χ4n) is 6.06. The fourth-order valence-corrected chi connectivity index (χ4v) is 6.06. The number of carboxylic acids is 1. The summed E-state index contributed by atoms with van der Waals surface area (Å²) in [5.74, 6) is -8.19. The third-order valence-corrected chi connectivity index (χ3v) is 8.89. The number of hydrogen-bond donors (Lipinski definition) is 1. The lowest BCUT2D eigenvalue weighted by Crippen LogP contribution is -2.48. The molecule has 0 radical (unpaired) electrons. The van der Waals surface area contributed by atoms with Gasteiger partial charge in [0.05, 0.1) is 0 Å². The number of nitrogens with zero attached hydrogens (tertiary/aromatic N) is 1. The summed E-state index contributed by atoms with van der Waals surface area (Å²) < 4.78 is 5.48. The number of Topliss-reactive ketones (excluding diaryl/α,β-unsaturated/α-hetero) is 2. The lowest BCUT2D eigenvalue weighted by atomic mass is 9.81. The predicted octanol–water partition coefficient (Wildman–Crippen LogP) is 7.62. The van der Waals surface area contributed by atoms with Crippen LogP contribution in [0.1, 0.15) is 94.4 Å². The maximum atomic E-state index is 13.9. The third-order valence-electron chi connectivity index (χ3n) is 8.89. The van der Waals surface area contributed by atoms with Crippen molar-refractivity contribution >= 4 is 40.2 Å². The Labute approximate surface area is 291 Å². The van der Waals surface area contributed by atoms with Crippen LogP contribution in [0.5, 0.6) is 0 Å². The van der Waals surface area contributed by atoms with Crippen LogP contribution >= 0.6 is 0 Å². The summed E-state index contributed by atoms with van der Waals surface area (Å²) in [6, 6.07) is 21.0. The standard InChI is InChI=1S/C41H53NO7/c1-28-20-21-30(25-29(28)2)15-9-7-11-19-34(43)37(38(35(44)27-36(45)46)40(48)49-41(3,4)5)39(47)42(6)24-14-8-10-16-31-22-23-32-17-12-13-18-33(32)26-31/h12-13,17-18,20-23,25-26,37-38H,7-11,14-16,19,24,27H2,1-6H3,(H,45,46)/t37-,38-/m0/s1. The number of aryl methyl sites for hydroxylation is 4. The maximum absolute atomic E-state index is 13.9. The van der Waals surface area contributed by atoms with Gasteiger partial charge in [0.15, 0.2) is 5.78 Å². The van der Waals surface area contributed by atoms with Gasteiger partial charge in [0.2, 0.25) is 5.91 Å². The van der Waals surface area contributed by atoms with Gasteiger partial charge in [0.1, 0.15) is 29.6 Å². The number of ketones is 2. The van der Waals surface area contributed by atoms with E-state index in [2.05, 4.69) is 62.4 Å². The molecule has 8 nitrogen and oxygen atoms in total. The van der Waals surface area contributed by atoms with E-state index in [1.54, 1.807) is 27.8 Å². The number of hydrogen-bond acceptors (Lipinski definition) is 6. The highest BCUT2D eigenvalue weighted by molar-refractivity contribution is 6.14. The van der Waals surface area contributed by atoms with Crippen molar-refractivity contribution < 1.29 is 33.8 Å². The van der Waals surface area contributed by atoms with Crippen molar-refractivity contribution in [1.29, 1.82) is 0 Å². The van der Waals surface area contributed by atoms with Gasteiger partial charge < -0.3 is 14.7 Å². The molecule has 0 unspecified atom stereocenters. The Bertz CT molecular complexity index is 1620. The Morgan fingerprint density at radius 2 is 1.33 bits per heavy atom. The third kappa shape index (κ3) is 12.6. The molecule has 1 amide bonds. The van der Waals surface area contributed by atoms with Gasteiger partial charge >= 0.3 is 11.9 Å².